The topological polar surface area (TPSA) is 95.4 Å². The summed E-state index contributed by atoms with van der Waals surface area (Å²) >= 11 is 0. The van der Waals surface area contributed by atoms with Gasteiger partial charge in [0.15, 0.2) is 5.69 Å². The minimum Gasteiger partial charge on any atom is -0.464 e. The van der Waals surface area contributed by atoms with Crippen LogP contribution in [0.25, 0.3) is 27.8 Å². The molecule has 0 atom stereocenters. The lowest BCUT2D eigenvalue weighted by molar-refractivity contribution is 0.0593. The molecule has 2 heterocycles. The van der Waals surface area contributed by atoms with Crippen LogP contribution in [0, 0.1) is 6.92 Å². The zero-order valence-corrected chi connectivity index (χ0v) is 13.7. The highest BCUT2D eigenvalue weighted by Crippen LogP contribution is 2.30. The van der Waals surface area contributed by atoms with Crippen molar-refractivity contribution in [3.63, 3.8) is 0 Å². The minimum atomic E-state index is -0.524. The third-order valence-electron chi connectivity index (χ3n) is 4.22. The number of nitrogen functional groups attached to an aromatic ring is 1. The summed E-state index contributed by atoms with van der Waals surface area (Å²) in [5, 5.41) is 10.0. The number of carbonyl (C=O) groups is 1. The van der Waals surface area contributed by atoms with Crippen LogP contribution in [0.2, 0.25) is 0 Å². The molecule has 0 aliphatic heterocycles. The molecule has 0 amide bonds. The Bertz CT molecular complexity index is 1130. The number of anilines is 1. The third-order valence-corrected chi connectivity index (χ3v) is 4.22. The Morgan fingerprint density at radius 3 is 2.64 bits per heavy atom. The molecule has 124 valence electrons. The van der Waals surface area contributed by atoms with E-state index < -0.39 is 5.97 Å². The number of aromatic nitrogens is 4. The summed E-state index contributed by atoms with van der Waals surface area (Å²) in [4.78, 5) is 16.4. The first-order valence-corrected chi connectivity index (χ1v) is 7.69. The molecule has 0 spiro atoms. The zero-order valence-electron chi connectivity index (χ0n) is 13.7. The Balaban J connectivity index is 2.08. The van der Waals surface area contributed by atoms with Crippen LogP contribution in [0.5, 0.6) is 0 Å². The Morgan fingerprint density at radius 1 is 1.12 bits per heavy atom. The monoisotopic (exact) mass is 333 g/mol. The van der Waals surface area contributed by atoms with Crippen LogP contribution < -0.4 is 5.73 Å². The van der Waals surface area contributed by atoms with Gasteiger partial charge in [-0.2, -0.15) is 0 Å². The van der Waals surface area contributed by atoms with Gasteiger partial charge in [0, 0.05) is 5.56 Å². The molecule has 0 aliphatic rings. The highest BCUT2D eigenvalue weighted by Gasteiger charge is 2.21. The standard InChI is InChI=1S/C18H15N5O2/c1-10-14(16(24)25-2)20-18-22-21-17(19)23(18)15(10)13-8-7-11-5-3-4-6-12(11)9-13/h3-9H,1-2H3,(H2,19,21). The Labute approximate surface area is 143 Å². The van der Waals surface area contributed by atoms with E-state index in [4.69, 9.17) is 10.5 Å². The second kappa shape index (κ2) is 5.55. The number of hydrogen-bond donors (Lipinski definition) is 1. The second-order valence-electron chi connectivity index (χ2n) is 5.68. The largest absolute Gasteiger partial charge is 0.464 e. The molecule has 0 bridgehead atoms. The van der Waals surface area contributed by atoms with Crippen molar-refractivity contribution < 1.29 is 9.53 Å². The van der Waals surface area contributed by atoms with Crippen molar-refractivity contribution in [2.75, 3.05) is 12.8 Å². The molecule has 2 aromatic carbocycles. The summed E-state index contributed by atoms with van der Waals surface area (Å²) in [6, 6.07) is 14.1. The fourth-order valence-corrected chi connectivity index (χ4v) is 3.02. The van der Waals surface area contributed by atoms with Gasteiger partial charge in [-0.3, -0.25) is 0 Å². The predicted octanol–water partition coefficient (Wildman–Crippen LogP) is 2.62. The number of methoxy groups -OCH3 is 1. The van der Waals surface area contributed by atoms with Crippen LogP contribution in [0.3, 0.4) is 0 Å². The van der Waals surface area contributed by atoms with Crippen molar-refractivity contribution in [1.29, 1.82) is 0 Å². The lowest BCUT2D eigenvalue weighted by Gasteiger charge is -2.13. The number of benzene rings is 2. The molecule has 0 aliphatic carbocycles. The number of nitrogens with two attached hydrogens (primary N) is 1. The number of hydrogen-bond acceptors (Lipinski definition) is 6. The van der Waals surface area contributed by atoms with Gasteiger partial charge in [-0.1, -0.05) is 36.4 Å². The number of rotatable bonds is 2. The van der Waals surface area contributed by atoms with Gasteiger partial charge < -0.3 is 10.5 Å². The molecule has 7 nitrogen and oxygen atoms in total. The predicted molar refractivity (Wildman–Crippen MR) is 94.2 cm³/mol. The molecule has 0 fully saturated rings. The molecular formula is C18H15N5O2. The van der Waals surface area contributed by atoms with Crippen molar-refractivity contribution >= 4 is 28.5 Å². The van der Waals surface area contributed by atoms with E-state index in [0.717, 1.165) is 22.0 Å². The van der Waals surface area contributed by atoms with Gasteiger partial charge in [-0.05, 0) is 29.3 Å². The molecule has 7 heteroatoms. The summed E-state index contributed by atoms with van der Waals surface area (Å²) in [6.45, 7) is 1.81. The maximum absolute atomic E-state index is 12.1. The third kappa shape index (κ3) is 2.28. The van der Waals surface area contributed by atoms with E-state index in [1.165, 1.54) is 7.11 Å². The van der Waals surface area contributed by atoms with E-state index in [1.54, 1.807) is 4.40 Å². The number of carbonyl (C=O) groups excluding carboxylic acids is 1. The second-order valence-corrected chi connectivity index (χ2v) is 5.68. The van der Waals surface area contributed by atoms with E-state index in [2.05, 4.69) is 15.2 Å². The molecule has 2 N–H and O–H groups in total. The SMILES string of the molecule is COC(=O)c1nc2nnc(N)n2c(-c2ccc3ccccc3c2)c1C. The summed E-state index contributed by atoms with van der Waals surface area (Å²) in [5.41, 5.74) is 8.45. The number of ether oxygens (including phenoxy) is 1. The molecule has 4 rings (SSSR count). The van der Waals surface area contributed by atoms with Gasteiger partial charge in [0.05, 0.1) is 12.8 Å². The minimum absolute atomic E-state index is 0.200. The summed E-state index contributed by atoms with van der Waals surface area (Å²) in [6.07, 6.45) is 0. The first kappa shape index (κ1) is 15.1. The van der Waals surface area contributed by atoms with Crippen LogP contribution in [0.4, 0.5) is 5.95 Å². The maximum atomic E-state index is 12.1. The molecule has 4 aromatic rings. The lowest BCUT2D eigenvalue weighted by Crippen LogP contribution is -2.12. The quantitative estimate of drug-likeness (QED) is 0.567. The van der Waals surface area contributed by atoms with Crippen LogP contribution in [-0.2, 0) is 4.74 Å². The average Bonchev–Trinajstić information content (AvgIpc) is 3.01. The normalized spacial score (nSPS) is 11.1. The average molecular weight is 333 g/mol. The van der Waals surface area contributed by atoms with Crippen molar-refractivity contribution in [1.82, 2.24) is 19.6 Å². The first-order valence-electron chi connectivity index (χ1n) is 7.69. The van der Waals surface area contributed by atoms with Crippen molar-refractivity contribution in [3.8, 4) is 11.3 Å². The molecule has 0 radical (unpaired) electrons. The highest BCUT2D eigenvalue weighted by molar-refractivity contribution is 5.93. The number of esters is 1. The van der Waals surface area contributed by atoms with Gasteiger partial charge in [-0.15, -0.1) is 10.2 Å². The van der Waals surface area contributed by atoms with Crippen LogP contribution in [0.15, 0.2) is 42.5 Å². The zero-order chi connectivity index (χ0) is 17.6. The molecule has 0 saturated carbocycles. The fraction of sp³-hybridized carbons (Fsp3) is 0.111. The van der Waals surface area contributed by atoms with Crippen LogP contribution in [0.1, 0.15) is 16.1 Å². The fourth-order valence-electron chi connectivity index (χ4n) is 3.02. The van der Waals surface area contributed by atoms with Gasteiger partial charge >= 0.3 is 5.97 Å². The van der Waals surface area contributed by atoms with E-state index >= 15 is 0 Å². The summed E-state index contributed by atoms with van der Waals surface area (Å²) in [7, 11) is 1.32. The molecule has 0 saturated heterocycles. The summed E-state index contributed by atoms with van der Waals surface area (Å²) in [5.74, 6) is -0.0551. The van der Waals surface area contributed by atoms with E-state index in [-0.39, 0.29) is 17.4 Å². The number of fused-ring (bicyclic) bond motifs is 2. The molecule has 2 aromatic heterocycles. The van der Waals surface area contributed by atoms with Crippen molar-refractivity contribution in [2.24, 2.45) is 0 Å². The van der Waals surface area contributed by atoms with E-state index in [0.29, 0.717) is 5.56 Å². The van der Waals surface area contributed by atoms with Crippen LogP contribution >= 0.6 is 0 Å². The van der Waals surface area contributed by atoms with Crippen molar-refractivity contribution in [3.05, 3.63) is 53.7 Å². The molecule has 0 unspecified atom stereocenters. The highest BCUT2D eigenvalue weighted by atomic mass is 16.5. The summed E-state index contributed by atoms with van der Waals surface area (Å²) < 4.78 is 6.49. The molecular weight excluding hydrogens is 318 g/mol. The van der Waals surface area contributed by atoms with Gasteiger partial charge in [0.25, 0.3) is 5.78 Å². The first-order chi connectivity index (χ1) is 12.1. The van der Waals surface area contributed by atoms with Crippen LogP contribution in [-0.4, -0.2) is 32.7 Å². The Morgan fingerprint density at radius 2 is 1.88 bits per heavy atom. The smallest absolute Gasteiger partial charge is 0.357 e. The van der Waals surface area contributed by atoms with E-state index in [1.807, 2.05) is 49.4 Å². The maximum Gasteiger partial charge on any atom is 0.357 e. The molecule has 25 heavy (non-hydrogen) atoms. The van der Waals surface area contributed by atoms with E-state index in [9.17, 15) is 4.79 Å². The number of nitrogens with zero attached hydrogens (tertiary/aromatic N) is 4. The Kier molecular flexibility index (Phi) is 3.35. The Hall–Kier alpha value is -3.48. The lowest BCUT2D eigenvalue weighted by atomic mass is 10.0. The van der Waals surface area contributed by atoms with Gasteiger partial charge in [0.1, 0.15) is 0 Å². The van der Waals surface area contributed by atoms with Crippen molar-refractivity contribution in [2.45, 2.75) is 6.92 Å². The van der Waals surface area contributed by atoms with Gasteiger partial charge in [-0.25, -0.2) is 14.2 Å². The van der Waals surface area contributed by atoms with Gasteiger partial charge in [0.2, 0.25) is 5.95 Å².